The average Bonchev–Trinajstić information content (AvgIpc) is 3.05. The number of likely N-dealkylation sites (tertiary alicyclic amines) is 1. The molecule has 0 aromatic heterocycles. The van der Waals surface area contributed by atoms with Crippen LogP contribution in [0.5, 0.6) is 0 Å². The molecule has 0 radical (unpaired) electrons. The molecule has 2 saturated heterocycles. The molecule has 28 heavy (non-hydrogen) atoms. The summed E-state index contributed by atoms with van der Waals surface area (Å²) in [4.78, 5) is 25.2. The molecule has 1 aromatic rings. The number of hydrogen-bond donors (Lipinski definition) is 3. The molecular formula is C17H24N4O6S. The second kappa shape index (κ2) is 8.13. The molecule has 2 aliphatic heterocycles. The maximum absolute atomic E-state index is 12.6. The summed E-state index contributed by atoms with van der Waals surface area (Å²) >= 11 is 0. The van der Waals surface area contributed by atoms with Crippen LogP contribution in [0.2, 0.25) is 0 Å². The molecule has 3 rings (SSSR count). The first-order chi connectivity index (χ1) is 13.2. The van der Waals surface area contributed by atoms with E-state index in [-0.39, 0.29) is 30.3 Å². The van der Waals surface area contributed by atoms with Crippen LogP contribution >= 0.6 is 0 Å². The summed E-state index contributed by atoms with van der Waals surface area (Å²) in [6, 6.07) is 5.94. The van der Waals surface area contributed by atoms with Gasteiger partial charge in [-0.3, -0.25) is 14.5 Å². The highest BCUT2D eigenvalue weighted by atomic mass is 32.2. The summed E-state index contributed by atoms with van der Waals surface area (Å²) in [7, 11) is -3.59. The number of benzene rings is 1. The highest BCUT2D eigenvalue weighted by Crippen LogP contribution is 2.21. The molecule has 1 unspecified atom stereocenters. The number of nitrogens with two attached hydrogens (primary N) is 1. The minimum atomic E-state index is -3.59. The molecule has 4 N–H and O–H groups in total. The predicted molar refractivity (Wildman–Crippen MR) is 99.9 cm³/mol. The molecule has 0 aliphatic carbocycles. The Morgan fingerprint density at radius 1 is 1.18 bits per heavy atom. The summed E-state index contributed by atoms with van der Waals surface area (Å²) in [6.07, 6.45) is 0.184. The normalized spacial score (nSPS) is 24.2. The standard InChI is InChI=1S/C17H24N4O6S/c18-16(23)17(24)5-6-20(12-17)11-15(22)19-13-1-3-14(4-2-13)28(25,26)21-7-9-27-10-8-21/h1-4,24H,5-12H2,(H2,18,23)(H,19,22). The molecule has 11 heteroatoms. The van der Waals surface area contributed by atoms with E-state index < -0.39 is 21.5 Å². The van der Waals surface area contributed by atoms with Gasteiger partial charge in [-0.2, -0.15) is 4.31 Å². The van der Waals surface area contributed by atoms with Gasteiger partial charge in [0.1, 0.15) is 0 Å². The maximum Gasteiger partial charge on any atom is 0.250 e. The topological polar surface area (TPSA) is 142 Å². The Bertz CT molecular complexity index is 838. The quantitative estimate of drug-likeness (QED) is 0.520. The zero-order chi connectivity index (χ0) is 20.4. The number of primary amides is 1. The number of hydrogen-bond acceptors (Lipinski definition) is 7. The number of anilines is 1. The van der Waals surface area contributed by atoms with E-state index >= 15 is 0 Å². The van der Waals surface area contributed by atoms with Crippen molar-refractivity contribution in [2.75, 3.05) is 51.3 Å². The molecule has 0 spiro atoms. The van der Waals surface area contributed by atoms with Crippen LogP contribution in [0.15, 0.2) is 29.2 Å². The number of ether oxygens (including phenoxy) is 1. The summed E-state index contributed by atoms with van der Waals surface area (Å²) in [5.41, 5.74) is 4.03. The van der Waals surface area contributed by atoms with Crippen LogP contribution in [-0.2, 0) is 24.3 Å². The number of carbonyl (C=O) groups is 2. The van der Waals surface area contributed by atoms with Crippen LogP contribution < -0.4 is 11.1 Å². The van der Waals surface area contributed by atoms with Crippen molar-refractivity contribution in [1.29, 1.82) is 0 Å². The summed E-state index contributed by atoms with van der Waals surface area (Å²) in [6.45, 7) is 1.74. The Morgan fingerprint density at radius 3 is 2.39 bits per heavy atom. The van der Waals surface area contributed by atoms with E-state index in [9.17, 15) is 23.1 Å². The average molecular weight is 412 g/mol. The van der Waals surface area contributed by atoms with Crippen molar-refractivity contribution in [2.24, 2.45) is 5.73 Å². The molecule has 0 saturated carbocycles. The van der Waals surface area contributed by atoms with Crippen molar-refractivity contribution in [3.63, 3.8) is 0 Å². The monoisotopic (exact) mass is 412 g/mol. The van der Waals surface area contributed by atoms with Gasteiger partial charge >= 0.3 is 0 Å². The third-order valence-electron chi connectivity index (χ3n) is 4.90. The zero-order valence-electron chi connectivity index (χ0n) is 15.3. The molecule has 2 aliphatic rings. The van der Waals surface area contributed by atoms with E-state index in [4.69, 9.17) is 10.5 Å². The van der Waals surface area contributed by atoms with Gasteiger partial charge in [-0.15, -0.1) is 0 Å². The van der Waals surface area contributed by atoms with Gasteiger partial charge in [-0.05, 0) is 30.7 Å². The van der Waals surface area contributed by atoms with E-state index in [0.29, 0.717) is 38.5 Å². The van der Waals surface area contributed by atoms with E-state index in [1.807, 2.05) is 0 Å². The highest BCUT2D eigenvalue weighted by molar-refractivity contribution is 7.89. The van der Waals surface area contributed by atoms with Crippen molar-refractivity contribution in [2.45, 2.75) is 16.9 Å². The molecular weight excluding hydrogens is 388 g/mol. The van der Waals surface area contributed by atoms with Gasteiger partial charge in [0.15, 0.2) is 5.60 Å². The van der Waals surface area contributed by atoms with Crippen molar-refractivity contribution in [3.05, 3.63) is 24.3 Å². The van der Waals surface area contributed by atoms with Crippen molar-refractivity contribution in [1.82, 2.24) is 9.21 Å². The first-order valence-electron chi connectivity index (χ1n) is 8.93. The van der Waals surface area contributed by atoms with Crippen LogP contribution in [0.25, 0.3) is 0 Å². The van der Waals surface area contributed by atoms with Crippen LogP contribution in [-0.4, -0.2) is 86.1 Å². The Labute approximate surface area is 163 Å². The molecule has 2 amide bonds. The second-order valence-electron chi connectivity index (χ2n) is 6.95. The number of nitrogens with one attached hydrogen (secondary N) is 1. The fourth-order valence-electron chi connectivity index (χ4n) is 3.26. The molecule has 2 heterocycles. The predicted octanol–water partition coefficient (Wildman–Crippen LogP) is -1.43. The van der Waals surface area contributed by atoms with Crippen LogP contribution in [0.4, 0.5) is 5.69 Å². The fraction of sp³-hybridized carbons (Fsp3) is 0.529. The lowest BCUT2D eigenvalue weighted by Gasteiger charge is -2.26. The maximum atomic E-state index is 12.6. The Morgan fingerprint density at radius 2 is 1.82 bits per heavy atom. The molecule has 10 nitrogen and oxygen atoms in total. The summed E-state index contributed by atoms with van der Waals surface area (Å²) < 4.78 is 31.7. The second-order valence-corrected chi connectivity index (χ2v) is 8.88. The van der Waals surface area contributed by atoms with Gasteiger partial charge < -0.3 is 20.9 Å². The molecule has 1 atom stereocenters. The number of morpholine rings is 1. The number of sulfonamides is 1. The lowest BCUT2D eigenvalue weighted by Crippen LogP contribution is -2.46. The van der Waals surface area contributed by atoms with Crippen LogP contribution in [0, 0.1) is 0 Å². The Balaban J connectivity index is 1.57. The summed E-state index contributed by atoms with van der Waals surface area (Å²) in [5.74, 6) is -1.13. The van der Waals surface area contributed by atoms with E-state index in [2.05, 4.69) is 5.32 Å². The van der Waals surface area contributed by atoms with Crippen molar-refractivity contribution in [3.8, 4) is 0 Å². The van der Waals surface area contributed by atoms with Crippen LogP contribution in [0.3, 0.4) is 0 Å². The van der Waals surface area contributed by atoms with E-state index in [0.717, 1.165) is 0 Å². The van der Waals surface area contributed by atoms with E-state index in [1.54, 1.807) is 4.90 Å². The SMILES string of the molecule is NC(=O)C1(O)CCN(CC(=O)Nc2ccc(S(=O)(=O)N3CCOCC3)cc2)C1. The lowest BCUT2D eigenvalue weighted by molar-refractivity contribution is -0.135. The number of rotatable bonds is 6. The van der Waals surface area contributed by atoms with Gasteiger partial charge in [0, 0.05) is 31.9 Å². The molecule has 0 bridgehead atoms. The minimum absolute atomic E-state index is 0.00643. The third-order valence-corrected chi connectivity index (χ3v) is 6.81. The lowest BCUT2D eigenvalue weighted by atomic mass is 10.0. The van der Waals surface area contributed by atoms with Crippen LogP contribution in [0.1, 0.15) is 6.42 Å². The number of carbonyl (C=O) groups excluding carboxylic acids is 2. The summed E-state index contributed by atoms with van der Waals surface area (Å²) in [5, 5.41) is 12.7. The van der Waals surface area contributed by atoms with Gasteiger partial charge in [0.2, 0.25) is 15.9 Å². The largest absolute Gasteiger partial charge is 0.379 e. The molecule has 2 fully saturated rings. The van der Waals surface area contributed by atoms with Crippen molar-refractivity contribution < 1.29 is 27.9 Å². The first kappa shape index (κ1) is 20.7. The number of β-amino-alcohol motifs (C(OH)–C–C–N with tert-alkyl or cyclic N) is 1. The third kappa shape index (κ3) is 4.50. The first-order valence-corrected chi connectivity index (χ1v) is 10.4. The molecule has 154 valence electrons. The van der Waals surface area contributed by atoms with E-state index in [1.165, 1.54) is 28.6 Å². The number of nitrogens with zero attached hydrogens (tertiary/aromatic N) is 2. The minimum Gasteiger partial charge on any atom is -0.379 e. The smallest absolute Gasteiger partial charge is 0.250 e. The Hall–Kier alpha value is -2.05. The Kier molecular flexibility index (Phi) is 6.01. The molecule has 1 aromatic carbocycles. The number of aliphatic hydroxyl groups is 1. The van der Waals surface area contributed by atoms with Gasteiger partial charge in [-0.1, -0.05) is 0 Å². The highest BCUT2D eigenvalue weighted by Gasteiger charge is 2.41. The van der Waals surface area contributed by atoms with Gasteiger partial charge in [-0.25, -0.2) is 8.42 Å². The van der Waals surface area contributed by atoms with Gasteiger partial charge in [0.05, 0.1) is 24.7 Å². The zero-order valence-corrected chi connectivity index (χ0v) is 16.2. The van der Waals surface area contributed by atoms with Gasteiger partial charge in [0.25, 0.3) is 5.91 Å². The number of amides is 2. The van der Waals surface area contributed by atoms with Crippen molar-refractivity contribution >= 4 is 27.5 Å². The fourth-order valence-corrected chi connectivity index (χ4v) is 4.67.